The Morgan fingerprint density at radius 2 is 2.06 bits per heavy atom. The number of hydrogen-bond donors (Lipinski definition) is 1. The largest absolute Gasteiger partial charge is 0.378 e. The summed E-state index contributed by atoms with van der Waals surface area (Å²) in [4.78, 5) is 6.33. The Kier molecular flexibility index (Phi) is 4.05. The Morgan fingerprint density at radius 1 is 1.22 bits per heavy atom. The first-order chi connectivity index (χ1) is 8.66. The molecule has 0 atom stereocenters. The minimum absolute atomic E-state index is 0.683. The van der Waals surface area contributed by atoms with Crippen LogP contribution in [0.1, 0.15) is 5.69 Å². The minimum Gasteiger partial charge on any atom is -0.378 e. The Bertz CT molecular complexity index is 512. The van der Waals surface area contributed by atoms with E-state index in [9.17, 15) is 0 Å². The van der Waals surface area contributed by atoms with Gasteiger partial charge in [-0.2, -0.15) is 0 Å². The molecular weight excluding hydrogens is 246 g/mol. The van der Waals surface area contributed by atoms with Crippen molar-refractivity contribution in [2.75, 3.05) is 24.3 Å². The van der Waals surface area contributed by atoms with Gasteiger partial charge in [-0.3, -0.25) is 4.98 Å². The van der Waals surface area contributed by atoms with Gasteiger partial charge >= 0.3 is 0 Å². The van der Waals surface area contributed by atoms with Crippen molar-refractivity contribution >= 4 is 23.0 Å². The number of nitrogens with one attached hydrogen (secondary N) is 1. The number of aromatic nitrogens is 1. The summed E-state index contributed by atoms with van der Waals surface area (Å²) in [5.41, 5.74) is 3.12. The van der Waals surface area contributed by atoms with Gasteiger partial charge in [0.15, 0.2) is 0 Å². The van der Waals surface area contributed by atoms with Crippen molar-refractivity contribution in [3.05, 3.63) is 53.3 Å². The molecule has 4 heteroatoms. The summed E-state index contributed by atoms with van der Waals surface area (Å²) in [6, 6.07) is 11.7. The molecule has 0 aliphatic carbocycles. The lowest BCUT2D eigenvalue weighted by Gasteiger charge is -2.18. The van der Waals surface area contributed by atoms with Crippen LogP contribution in [0, 0.1) is 0 Å². The third kappa shape index (κ3) is 3.14. The molecule has 0 radical (unpaired) electrons. The average molecular weight is 262 g/mol. The molecule has 0 fully saturated rings. The fourth-order valence-corrected chi connectivity index (χ4v) is 1.90. The van der Waals surface area contributed by atoms with Gasteiger partial charge in [0.05, 0.1) is 23.6 Å². The molecule has 3 nitrogen and oxygen atoms in total. The molecule has 0 amide bonds. The minimum atomic E-state index is 0.683. The molecule has 2 rings (SSSR count). The van der Waals surface area contributed by atoms with E-state index in [-0.39, 0.29) is 0 Å². The zero-order valence-corrected chi connectivity index (χ0v) is 11.3. The summed E-state index contributed by atoms with van der Waals surface area (Å²) in [6.07, 6.45) is 1.79. The number of pyridine rings is 1. The van der Waals surface area contributed by atoms with E-state index in [0.29, 0.717) is 6.54 Å². The fourth-order valence-electron chi connectivity index (χ4n) is 1.73. The molecule has 0 saturated heterocycles. The summed E-state index contributed by atoms with van der Waals surface area (Å²) in [6.45, 7) is 0.683. The van der Waals surface area contributed by atoms with Gasteiger partial charge in [-0.25, -0.2) is 0 Å². The number of benzene rings is 1. The van der Waals surface area contributed by atoms with Gasteiger partial charge in [0.1, 0.15) is 0 Å². The molecule has 2 aromatic rings. The first kappa shape index (κ1) is 12.7. The Hall–Kier alpha value is -1.74. The quantitative estimate of drug-likeness (QED) is 0.914. The second-order valence-electron chi connectivity index (χ2n) is 4.23. The first-order valence-electron chi connectivity index (χ1n) is 5.77. The zero-order chi connectivity index (χ0) is 13.0. The molecule has 0 unspecified atom stereocenters. The third-order valence-corrected chi connectivity index (χ3v) is 2.86. The highest BCUT2D eigenvalue weighted by Crippen LogP contribution is 2.28. The van der Waals surface area contributed by atoms with Crippen LogP contribution >= 0.6 is 11.6 Å². The summed E-state index contributed by atoms with van der Waals surface area (Å²) >= 11 is 6.03. The van der Waals surface area contributed by atoms with E-state index in [1.54, 1.807) is 6.20 Å². The lowest BCUT2D eigenvalue weighted by molar-refractivity contribution is 1.04. The maximum Gasteiger partial charge on any atom is 0.0597 e. The van der Waals surface area contributed by atoms with E-state index in [1.807, 2.05) is 50.5 Å². The number of halogens is 1. The highest BCUT2D eigenvalue weighted by molar-refractivity contribution is 6.31. The lowest BCUT2D eigenvalue weighted by Crippen LogP contribution is -2.12. The smallest absolute Gasteiger partial charge is 0.0597 e. The van der Waals surface area contributed by atoms with Crippen LogP contribution in [-0.4, -0.2) is 19.1 Å². The van der Waals surface area contributed by atoms with Crippen molar-refractivity contribution in [1.82, 2.24) is 4.98 Å². The van der Waals surface area contributed by atoms with Gasteiger partial charge in [-0.1, -0.05) is 17.7 Å². The molecule has 0 spiro atoms. The van der Waals surface area contributed by atoms with Crippen molar-refractivity contribution < 1.29 is 0 Å². The van der Waals surface area contributed by atoms with Gasteiger partial charge in [0.25, 0.3) is 0 Å². The average Bonchev–Trinajstić information content (AvgIpc) is 2.37. The standard InChI is InChI=1S/C14H16ClN3/c1-18(2)14-7-6-11(15)9-13(14)17-10-12-5-3-4-8-16-12/h3-9,17H,10H2,1-2H3. The number of rotatable bonds is 4. The Labute approximate surface area is 112 Å². The number of anilines is 2. The van der Waals surface area contributed by atoms with Crippen LogP contribution < -0.4 is 10.2 Å². The molecule has 0 aliphatic heterocycles. The predicted molar refractivity (Wildman–Crippen MR) is 77.3 cm³/mol. The SMILES string of the molecule is CN(C)c1ccc(Cl)cc1NCc1ccccn1. The van der Waals surface area contributed by atoms with Crippen molar-refractivity contribution in [2.24, 2.45) is 0 Å². The maximum absolute atomic E-state index is 6.03. The van der Waals surface area contributed by atoms with Gasteiger partial charge < -0.3 is 10.2 Å². The Balaban J connectivity index is 2.15. The van der Waals surface area contributed by atoms with E-state index in [2.05, 4.69) is 15.2 Å². The maximum atomic E-state index is 6.03. The molecule has 1 aromatic carbocycles. The lowest BCUT2D eigenvalue weighted by atomic mass is 10.2. The fraction of sp³-hybridized carbons (Fsp3) is 0.214. The van der Waals surface area contributed by atoms with Crippen molar-refractivity contribution in [2.45, 2.75) is 6.54 Å². The third-order valence-electron chi connectivity index (χ3n) is 2.63. The van der Waals surface area contributed by atoms with Crippen LogP contribution in [0.3, 0.4) is 0 Å². The van der Waals surface area contributed by atoms with Gasteiger partial charge in [0, 0.05) is 25.3 Å². The van der Waals surface area contributed by atoms with Crippen LogP contribution in [0.5, 0.6) is 0 Å². The van der Waals surface area contributed by atoms with E-state index < -0.39 is 0 Å². The van der Waals surface area contributed by atoms with Crippen LogP contribution in [0.2, 0.25) is 5.02 Å². The van der Waals surface area contributed by atoms with Gasteiger partial charge in [-0.05, 0) is 30.3 Å². The number of nitrogens with zero attached hydrogens (tertiary/aromatic N) is 2. The summed E-state index contributed by atoms with van der Waals surface area (Å²) in [7, 11) is 4.02. The molecular formula is C14H16ClN3. The number of hydrogen-bond acceptors (Lipinski definition) is 3. The van der Waals surface area contributed by atoms with E-state index >= 15 is 0 Å². The molecule has 1 aromatic heterocycles. The highest BCUT2D eigenvalue weighted by Gasteiger charge is 2.05. The first-order valence-corrected chi connectivity index (χ1v) is 6.15. The summed E-state index contributed by atoms with van der Waals surface area (Å²) < 4.78 is 0. The van der Waals surface area contributed by atoms with Crippen LogP contribution in [-0.2, 0) is 6.54 Å². The van der Waals surface area contributed by atoms with Crippen molar-refractivity contribution in [1.29, 1.82) is 0 Å². The highest BCUT2D eigenvalue weighted by atomic mass is 35.5. The molecule has 94 valence electrons. The monoisotopic (exact) mass is 261 g/mol. The topological polar surface area (TPSA) is 28.2 Å². The second-order valence-corrected chi connectivity index (χ2v) is 4.67. The molecule has 1 N–H and O–H groups in total. The van der Waals surface area contributed by atoms with E-state index in [1.165, 1.54) is 0 Å². The predicted octanol–water partition coefficient (Wildman–Crippen LogP) is 3.41. The van der Waals surface area contributed by atoms with Crippen LogP contribution in [0.4, 0.5) is 11.4 Å². The molecule has 0 bridgehead atoms. The van der Waals surface area contributed by atoms with Crippen LogP contribution in [0.25, 0.3) is 0 Å². The Morgan fingerprint density at radius 3 is 2.72 bits per heavy atom. The molecule has 1 heterocycles. The molecule has 18 heavy (non-hydrogen) atoms. The van der Waals surface area contributed by atoms with Crippen molar-refractivity contribution in [3.8, 4) is 0 Å². The van der Waals surface area contributed by atoms with Crippen molar-refractivity contribution in [3.63, 3.8) is 0 Å². The zero-order valence-electron chi connectivity index (χ0n) is 10.5. The van der Waals surface area contributed by atoms with Gasteiger partial charge in [0.2, 0.25) is 0 Å². The van der Waals surface area contributed by atoms with E-state index in [4.69, 9.17) is 11.6 Å². The van der Waals surface area contributed by atoms with E-state index in [0.717, 1.165) is 22.1 Å². The van der Waals surface area contributed by atoms with Gasteiger partial charge in [-0.15, -0.1) is 0 Å². The molecule has 0 saturated carbocycles. The van der Waals surface area contributed by atoms with Crippen LogP contribution in [0.15, 0.2) is 42.6 Å². The summed E-state index contributed by atoms with van der Waals surface area (Å²) in [5, 5.41) is 4.09. The molecule has 0 aliphatic rings. The summed E-state index contributed by atoms with van der Waals surface area (Å²) in [5.74, 6) is 0. The normalized spacial score (nSPS) is 10.2. The second kappa shape index (κ2) is 5.74.